The Morgan fingerprint density at radius 2 is 0.738 bits per heavy atom. The van der Waals surface area contributed by atoms with E-state index in [1.165, 1.54) is 47.8 Å². The quantitative estimate of drug-likeness (QED) is 0.123. The molecule has 0 bridgehead atoms. The van der Waals surface area contributed by atoms with Gasteiger partial charge in [0.05, 0.1) is 22.1 Å². The minimum Gasteiger partial charge on any atom is -0.456 e. The molecule has 5 heteroatoms. The van der Waals surface area contributed by atoms with E-state index in [2.05, 4.69) is 221 Å². The van der Waals surface area contributed by atoms with Crippen LogP contribution >= 0.6 is 0 Å². The van der Waals surface area contributed by atoms with Crippen LogP contribution in [0.15, 0.2) is 239 Å². The summed E-state index contributed by atoms with van der Waals surface area (Å²) in [6.07, 6.45) is 0. The molecule has 14 aromatic rings. The van der Waals surface area contributed by atoms with Crippen molar-refractivity contribution in [3.63, 3.8) is 0 Å². The van der Waals surface area contributed by atoms with Gasteiger partial charge in [-0.1, -0.05) is 164 Å². The fourth-order valence-electron chi connectivity index (χ4n) is 11.1. The Labute approximate surface area is 374 Å². The number of hydrogen-bond donors (Lipinski definition) is 0. The van der Waals surface area contributed by atoms with E-state index in [-0.39, 0.29) is 0 Å². The number of para-hydroxylation sites is 3. The molecular formula is C60H38N2O2Si. The smallest absolute Gasteiger partial charge is 0.179 e. The topological polar surface area (TPSA) is 36.1 Å². The Hall–Kier alpha value is -8.38. The molecule has 0 radical (unpaired) electrons. The van der Waals surface area contributed by atoms with Gasteiger partial charge in [-0.25, -0.2) is 0 Å². The molecule has 0 unspecified atom stereocenters. The normalized spacial score (nSPS) is 12.3. The molecule has 0 atom stereocenters. The van der Waals surface area contributed by atoms with Crippen molar-refractivity contribution in [1.29, 1.82) is 0 Å². The largest absolute Gasteiger partial charge is 0.456 e. The van der Waals surface area contributed by atoms with E-state index in [1.54, 1.807) is 0 Å². The fraction of sp³-hybridized carbons (Fsp3) is 0. The first kappa shape index (κ1) is 36.1. The van der Waals surface area contributed by atoms with Gasteiger partial charge in [0.25, 0.3) is 0 Å². The van der Waals surface area contributed by atoms with Crippen molar-refractivity contribution in [2.45, 2.75) is 0 Å². The first-order valence-corrected chi connectivity index (χ1v) is 24.2. The fourth-order valence-corrected chi connectivity index (χ4v) is 15.9. The summed E-state index contributed by atoms with van der Waals surface area (Å²) in [6.45, 7) is 0. The van der Waals surface area contributed by atoms with Crippen molar-refractivity contribution in [3.05, 3.63) is 231 Å². The molecule has 304 valence electrons. The zero-order valence-corrected chi connectivity index (χ0v) is 36.2. The van der Waals surface area contributed by atoms with Gasteiger partial charge in [0, 0.05) is 54.5 Å². The van der Waals surface area contributed by atoms with Gasteiger partial charge in [0.1, 0.15) is 22.3 Å². The van der Waals surface area contributed by atoms with Crippen LogP contribution in [-0.2, 0) is 0 Å². The Morgan fingerprint density at radius 1 is 0.277 bits per heavy atom. The SMILES string of the molecule is c1ccc([Si](c2ccccc2)(c2ccccc2)c2ccc3c(c2)c2ccc4c(c5ccccc5n4-c4ccc5oc6ccccc6c5c4)c2n3-c2ccc3oc4ccccc4c3c2)cc1. The van der Waals surface area contributed by atoms with Crippen LogP contribution in [0.4, 0.5) is 0 Å². The average Bonchev–Trinajstić information content (AvgIpc) is 4.12. The number of nitrogens with zero attached hydrogens (tertiary/aromatic N) is 2. The lowest BCUT2D eigenvalue weighted by molar-refractivity contribution is 0.668. The van der Waals surface area contributed by atoms with Gasteiger partial charge >= 0.3 is 0 Å². The van der Waals surface area contributed by atoms with Crippen LogP contribution in [0.3, 0.4) is 0 Å². The molecule has 10 aromatic carbocycles. The van der Waals surface area contributed by atoms with Crippen LogP contribution in [0.5, 0.6) is 0 Å². The summed E-state index contributed by atoms with van der Waals surface area (Å²) in [5, 5.41) is 14.7. The second-order valence-corrected chi connectivity index (χ2v) is 21.0. The summed E-state index contributed by atoms with van der Waals surface area (Å²) in [5.41, 5.74) is 10.4. The lowest BCUT2D eigenvalue weighted by Crippen LogP contribution is -2.74. The molecule has 0 N–H and O–H groups in total. The Kier molecular flexibility index (Phi) is 7.68. The molecule has 0 spiro atoms. The standard InChI is InChI=1S/C60H38N2O2Si/c1-4-16-41(17-5-1)65(42-18-6-2-7-19-42,43-20-8-3-9-21-43)44-30-32-53-49(38-44)47-31-33-54-59(60(47)62(53)40-29-35-58-51(37-40)46-23-12-15-27-56(46)64-58)48-24-10-13-25-52(48)61(54)39-28-34-57-50(36-39)45-22-11-14-26-55(45)63-57/h1-38H. The van der Waals surface area contributed by atoms with Crippen LogP contribution in [0.1, 0.15) is 0 Å². The van der Waals surface area contributed by atoms with E-state index < -0.39 is 8.07 Å². The van der Waals surface area contributed by atoms with Gasteiger partial charge in [-0.05, 0) is 87.5 Å². The zero-order chi connectivity index (χ0) is 42.6. The second kappa shape index (κ2) is 13.8. The van der Waals surface area contributed by atoms with Crippen molar-refractivity contribution < 1.29 is 8.83 Å². The summed E-state index contributed by atoms with van der Waals surface area (Å²) < 4.78 is 17.7. The number of benzene rings is 10. The van der Waals surface area contributed by atoms with Gasteiger partial charge in [-0.2, -0.15) is 0 Å². The molecule has 14 rings (SSSR count). The molecule has 4 heterocycles. The molecule has 0 amide bonds. The average molecular weight is 847 g/mol. The Balaban J connectivity index is 1.12. The van der Waals surface area contributed by atoms with Crippen molar-refractivity contribution >= 4 is 116 Å². The Bertz CT molecular complexity index is 4080. The predicted molar refractivity (Wildman–Crippen MR) is 273 cm³/mol. The molecule has 0 aliphatic carbocycles. The van der Waals surface area contributed by atoms with Crippen LogP contribution in [0, 0.1) is 0 Å². The summed E-state index contributed by atoms with van der Waals surface area (Å²) in [7, 11) is -2.84. The van der Waals surface area contributed by atoms with Crippen molar-refractivity contribution in [1.82, 2.24) is 9.13 Å². The maximum absolute atomic E-state index is 6.40. The van der Waals surface area contributed by atoms with Crippen molar-refractivity contribution in [2.24, 2.45) is 0 Å². The van der Waals surface area contributed by atoms with Gasteiger partial charge < -0.3 is 18.0 Å². The maximum atomic E-state index is 6.40. The highest BCUT2D eigenvalue weighted by Gasteiger charge is 2.41. The van der Waals surface area contributed by atoms with E-state index in [9.17, 15) is 0 Å². The van der Waals surface area contributed by atoms with Crippen LogP contribution < -0.4 is 20.7 Å². The number of furan rings is 2. The first-order valence-electron chi connectivity index (χ1n) is 22.2. The highest BCUT2D eigenvalue weighted by molar-refractivity contribution is 7.20. The number of aromatic nitrogens is 2. The zero-order valence-electron chi connectivity index (χ0n) is 35.2. The molecule has 0 saturated carbocycles. The minimum absolute atomic E-state index is 0.881. The molecular weight excluding hydrogens is 809 g/mol. The highest BCUT2D eigenvalue weighted by atomic mass is 28.3. The third kappa shape index (κ3) is 5.13. The summed E-state index contributed by atoms with van der Waals surface area (Å²) in [5.74, 6) is 0. The lowest BCUT2D eigenvalue weighted by atomic mass is 10.1. The van der Waals surface area contributed by atoms with E-state index in [0.717, 1.165) is 71.8 Å². The monoisotopic (exact) mass is 846 g/mol. The van der Waals surface area contributed by atoms with Gasteiger partial charge in [-0.15, -0.1) is 0 Å². The molecule has 0 fully saturated rings. The maximum Gasteiger partial charge on any atom is 0.179 e. The minimum atomic E-state index is -2.84. The predicted octanol–water partition coefficient (Wildman–Crippen LogP) is 13.1. The first-order chi connectivity index (χ1) is 32.2. The summed E-state index contributed by atoms with van der Waals surface area (Å²) in [4.78, 5) is 0. The molecule has 0 aliphatic rings. The van der Waals surface area contributed by atoms with E-state index in [1.807, 2.05) is 18.2 Å². The number of hydrogen-bond acceptors (Lipinski definition) is 2. The van der Waals surface area contributed by atoms with E-state index >= 15 is 0 Å². The van der Waals surface area contributed by atoms with Crippen molar-refractivity contribution in [2.75, 3.05) is 0 Å². The van der Waals surface area contributed by atoms with Gasteiger partial charge in [0.15, 0.2) is 8.07 Å². The molecule has 0 aliphatic heterocycles. The van der Waals surface area contributed by atoms with E-state index in [0.29, 0.717) is 0 Å². The molecule has 4 nitrogen and oxygen atoms in total. The summed E-state index contributed by atoms with van der Waals surface area (Å²) in [6, 6.07) is 84.5. The van der Waals surface area contributed by atoms with Crippen LogP contribution in [0.2, 0.25) is 0 Å². The van der Waals surface area contributed by atoms with Crippen LogP contribution in [0.25, 0.3) is 98.9 Å². The third-order valence-corrected chi connectivity index (χ3v) is 18.6. The second-order valence-electron chi connectivity index (χ2n) is 17.2. The van der Waals surface area contributed by atoms with Crippen molar-refractivity contribution in [3.8, 4) is 11.4 Å². The molecule has 0 saturated heterocycles. The van der Waals surface area contributed by atoms with E-state index in [4.69, 9.17) is 8.83 Å². The van der Waals surface area contributed by atoms with Crippen LogP contribution in [-0.4, -0.2) is 17.2 Å². The number of fused-ring (bicyclic) bond motifs is 13. The molecule has 65 heavy (non-hydrogen) atoms. The molecule has 4 aromatic heterocycles. The number of rotatable bonds is 6. The highest BCUT2D eigenvalue weighted by Crippen LogP contribution is 2.43. The summed E-state index contributed by atoms with van der Waals surface area (Å²) >= 11 is 0. The lowest BCUT2D eigenvalue weighted by Gasteiger charge is -2.34. The van der Waals surface area contributed by atoms with Gasteiger partial charge in [-0.3, -0.25) is 0 Å². The van der Waals surface area contributed by atoms with Gasteiger partial charge in [0.2, 0.25) is 0 Å². The third-order valence-electron chi connectivity index (χ3n) is 13.9. The Morgan fingerprint density at radius 3 is 1.32 bits per heavy atom.